The fourth-order valence-electron chi connectivity index (χ4n) is 3.42. The van der Waals surface area contributed by atoms with E-state index in [0.29, 0.717) is 19.2 Å². The van der Waals surface area contributed by atoms with Gasteiger partial charge in [-0.15, -0.1) is 0 Å². The van der Waals surface area contributed by atoms with Crippen LogP contribution in [0, 0.1) is 0 Å². The smallest absolute Gasteiger partial charge is 0.229 e. The Morgan fingerprint density at radius 1 is 1.04 bits per heavy atom. The van der Waals surface area contributed by atoms with E-state index in [9.17, 15) is 0 Å². The van der Waals surface area contributed by atoms with Gasteiger partial charge in [0, 0.05) is 57.6 Å². The Morgan fingerprint density at radius 2 is 1.73 bits per heavy atom. The molecule has 7 heteroatoms. The van der Waals surface area contributed by atoms with E-state index in [1.54, 1.807) is 6.20 Å². The molecule has 1 aromatic carbocycles. The van der Waals surface area contributed by atoms with Crippen LogP contribution in [0.3, 0.4) is 0 Å². The topological polar surface area (TPSA) is 62.8 Å². The summed E-state index contributed by atoms with van der Waals surface area (Å²) in [4.78, 5) is 13.4. The maximum Gasteiger partial charge on any atom is 0.229 e. The lowest BCUT2D eigenvalue weighted by Crippen LogP contribution is -2.45. The Morgan fingerprint density at radius 3 is 2.38 bits per heavy atom. The molecule has 2 aliphatic rings. The van der Waals surface area contributed by atoms with Gasteiger partial charge in [-0.25, -0.2) is 4.98 Å². The van der Waals surface area contributed by atoms with E-state index in [1.165, 1.54) is 0 Å². The van der Waals surface area contributed by atoms with Gasteiger partial charge in [0.15, 0.2) is 5.79 Å². The second-order valence-electron chi connectivity index (χ2n) is 6.90. The first-order valence-electron chi connectivity index (χ1n) is 9.04. The van der Waals surface area contributed by atoms with Crippen molar-refractivity contribution in [3.8, 4) is 0 Å². The zero-order chi connectivity index (χ0) is 18.0. The standard InChI is InChI=1S/C19H25N5O2/c1-23(2)16-5-3-15(4-6-16)21-18-20-10-7-17(22-18)24-11-8-19(9-12-24)25-13-14-26-19/h3-7,10H,8-9,11-14H2,1-2H3,(H,20,21,22). The van der Waals surface area contributed by atoms with Crippen LogP contribution >= 0.6 is 0 Å². The minimum atomic E-state index is -0.362. The third-order valence-electron chi connectivity index (χ3n) is 4.94. The number of piperidine rings is 1. The number of anilines is 4. The molecule has 7 nitrogen and oxygen atoms in total. The van der Waals surface area contributed by atoms with Crippen LogP contribution in [-0.4, -0.2) is 56.2 Å². The van der Waals surface area contributed by atoms with E-state index < -0.39 is 0 Å². The third kappa shape index (κ3) is 3.59. The van der Waals surface area contributed by atoms with Gasteiger partial charge in [0.2, 0.25) is 5.95 Å². The zero-order valence-corrected chi connectivity index (χ0v) is 15.3. The van der Waals surface area contributed by atoms with Crippen LogP contribution in [0.25, 0.3) is 0 Å². The van der Waals surface area contributed by atoms with Gasteiger partial charge in [0.1, 0.15) is 5.82 Å². The molecular formula is C19H25N5O2. The highest BCUT2D eigenvalue weighted by molar-refractivity contribution is 5.59. The Bertz CT molecular complexity index is 734. The maximum absolute atomic E-state index is 5.80. The molecule has 1 spiro atoms. The van der Waals surface area contributed by atoms with E-state index in [2.05, 4.69) is 37.2 Å². The molecule has 1 N–H and O–H groups in total. The van der Waals surface area contributed by atoms with Crippen molar-refractivity contribution in [2.24, 2.45) is 0 Å². The third-order valence-corrected chi connectivity index (χ3v) is 4.94. The molecule has 0 atom stereocenters. The van der Waals surface area contributed by atoms with Crippen LogP contribution in [0.2, 0.25) is 0 Å². The van der Waals surface area contributed by atoms with Crippen LogP contribution < -0.4 is 15.1 Å². The fourth-order valence-corrected chi connectivity index (χ4v) is 3.42. The summed E-state index contributed by atoms with van der Waals surface area (Å²) in [5.74, 6) is 1.17. The molecule has 2 saturated heterocycles. The second-order valence-corrected chi connectivity index (χ2v) is 6.90. The molecule has 1 aromatic heterocycles. The quantitative estimate of drug-likeness (QED) is 0.904. The molecule has 0 saturated carbocycles. The number of hydrogen-bond donors (Lipinski definition) is 1. The fraction of sp³-hybridized carbons (Fsp3) is 0.474. The summed E-state index contributed by atoms with van der Waals surface area (Å²) in [6.45, 7) is 3.14. The van der Waals surface area contributed by atoms with Gasteiger partial charge in [-0.05, 0) is 30.3 Å². The summed E-state index contributed by atoms with van der Waals surface area (Å²) < 4.78 is 11.6. The van der Waals surface area contributed by atoms with Gasteiger partial charge in [0.05, 0.1) is 13.2 Å². The van der Waals surface area contributed by atoms with E-state index in [1.807, 2.05) is 32.3 Å². The van der Waals surface area contributed by atoms with Crippen molar-refractivity contribution in [1.29, 1.82) is 0 Å². The summed E-state index contributed by atoms with van der Waals surface area (Å²) in [5, 5.41) is 3.28. The summed E-state index contributed by atoms with van der Waals surface area (Å²) in [6, 6.07) is 10.2. The van der Waals surface area contributed by atoms with E-state index >= 15 is 0 Å². The molecule has 0 unspecified atom stereocenters. The summed E-state index contributed by atoms with van der Waals surface area (Å²) in [5.41, 5.74) is 2.13. The molecular weight excluding hydrogens is 330 g/mol. The second kappa shape index (κ2) is 7.09. The first kappa shape index (κ1) is 17.1. The Labute approximate surface area is 153 Å². The SMILES string of the molecule is CN(C)c1ccc(Nc2nccc(N3CCC4(CC3)OCCO4)n2)cc1. The van der Waals surface area contributed by atoms with Crippen molar-refractivity contribution in [3.05, 3.63) is 36.5 Å². The molecule has 3 heterocycles. The predicted molar refractivity (Wildman–Crippen MR) is 102 cm³/mol. The molecule has 138 valence electrons. The average Bonchev–Trinajstić information content (AvgIpc) is 3.11. The lowest BCUT2D eigenvalue weighted by molar-refractivity contribution is -0.169. The number of hydrogen-bond acceptors (Lipinski definition) is 7. The van der Waals surface area contributed by atoms with Gasteiger partial charge in [-0.1, -0.05) is 0 Å². The molecule has 4 rings (SSSR count). The molecule has 26 heavy (non-hydrogen) atoms. The van der Waals surface area contributed by atoms with Crippen LogP contribution in [0.15, 0.2) is 36.5 Å². The Hall–Kier alpha value is -2.38. The molecule has 2 aromatic rings. The molecule has 0 radical (unpaired) electrons. The zero-order valence-electron chi connectivity index (χ0n) is 15.3. The first-order chi connectivity index (χ1) is 12.6. The average molecular weight is 355 g/mol. The van der Waals surface area contributed by atoms with Crippen molar-refractivity contribution in [2.45, 2.75) is 18.6 Å². The minimum Gasteiger partial charge on any atom is -0.378 e. The van der Waals surface area contributed by atoms with Gasteiger partial charge in [-0.2, -0.15) is 4.98 Å². The van der Waals surface area contributed by atoms with Gasteiger partial charge in [-0.3, -0.25) is 0 Å². The number of benzene rings is 1. The summed E-state index contributed by atoms with van der Waals surface area (Å²) >= 11 is 0. The number of rotatable bonds is 4. The van der Waals surface area contributed by atoms with Gasteiger partial charge < -0.3 is 24.6 Å². The molecule has 0 aliphatic carbocycles. The highest BCUT2D eigenvalue weighted by atomic mass is 16.7. The highest BCUT2D eigenvalue weighted by Crippen LogP contribution is 2.32. The van der Waals surface area contributed by atoms with Crippen LogP contribution in [0.4, 0.5) is 23.1 Å². The lowest BCUT2D eigenvalue weighted by Gasteiger charge is -2.38. The van der Waals surface area contributed by atoms with Crippen LogP contribution in [0.5, 0.6) is 0 Å². The predicted octanol–water partition coefficient (Wildman–Crippen LogP) is 2.63. The lowest BCUT2D eigenvalue weighted by atomic mass is 10.0. The maximum atomic E-state index is 5.80. The molecule has 2 fully saturated rings. The van der Waals surface area contributed by atoms with Crippen molar-refractivity contribution < 1.29 is 9.47 Å². The number of nitrogens with zero attached hydrogens (tertiary/aromatic N) is 4. The summed E-state index contributed by atoms with van der Waals surface area (Å²) in [7, 11) is 4.05. The van der Waals surface area contributed by atoms with E-state index in [-0.39, 0.29) is 5.79 Å². The minimum absolute atomic E-state index is 0.362. The molecule has 0 bridgehead atoms. The van der Waals surface area contributed by atoms with Gasteiger partial charge >= 0.3 is 0 Å². The van der Waals surface area contributed by atoms with Crippen molar-refractivity contribution in [3.63, 3.8) is 0 Å². The largest absolute Gasteiger partial charge is 0.378 e. The van der Waals surface area contributed by atoms with Crippen LogP contribution in [-0.2, 0) is 9.47 Å². The molecule has 0 amide bonds. The van der Waals surface area contributed by atoms with Gasteiger partial charge in [0.25, 0.3) is 0 Å². The first-order valence-corrected chi connectivity index (χ1v) is 9.04. The monoisotopic (exact) mass is 355 g/mol. The summed E-state index contributed by atoms with van der Waals surface area (Å²) in [6.07, 6.45) is 3.53. The number of nitrogens with one attached hydrogen (secondary N) is 1. The Kier molecular flexibility index (Phi) is 4.65. The normalized spacial score (nSPS) is 18.9. The number of ether oxygens (including phenoxy) is 2. The van der Waals surface area contributed by atoms with Crippen molar-refractivity contribution >= 4 is 23.1 Å². The van der Waals surface area contributed by atoms with E-state index in [4.69, 9.17) is 9.47 Å². The van der Waals surface area contributed by atoms with Crippen LogP contribution in [0.1, 0.15) is 12.8 Å². The molecule has 2 aliphatic heterocycles. The van der Waals surface area contributed by atoms with E-state index in [0.717, 1.165) is 43.1 Å². The highest BCUT2D eigenvalue weighted by Gasteiger charge is 2.40. The number of aromatic nitrogens is 2. The van der Waals surface area contributed by atoms with Crippen molar-refractivity contribution in [2.75, 3.05) is 55.5 Å². The Balaban J connectivity index is 1.42. The van der Waals surface area contributed by atoms with Crippen molar-refractivity contribution in [1.82, 2.24) is 9.97 Å².